The van der Waals surface area contributed by atoms with Crippen LogP contribution < -0.4 is 0 Å². The minimum absolute atomic E-state index is 0.828. The van der Waals surface area contributed by atoms with Crippen LogP contribution in [0.5, 0.6) is 0 Å². The molecule has 0 fully saturated rings. The lowest BCUT2D eigenvalue weighted by atomic mass is 9.78. The maximum Gasteiger partial charge on any atom is -0.0127 e. The smallest absolute Gasteiger partial charge is 0.0127 e. The van der Waals surface area contributed by atoms with Crippen molar-refractivity contribution in [1.82, 2.24) is 0 Å². The largest absolute Gasteiger partial charge is 0.0885 e. The molecule has 0 heterocycles. The van der Waals surface area contributed by atoms with Crippen LogP contribution >= 0.6 is 0 Å². The third kappa shape index (κ3) is 1.51. The lowest BCUT2D eigenvalue weighted by molar-refractivity contribution is 0.328. The maximum absolute atomic E-state index is 2.41. The van der Waals surface area contributed by atoms with Crippen LogP contribution in [0.1, 0.15) is 39.0 Å². The molecular formula is C15H20. The van der Waals surface area contributed by atoms with Crippen LogP contribution in [0, 0.1) is 17.8 Å². The summed E-state index contributed by atoms with van der Waals surface area (Å²) in [5.41, 5.74) is 3.48. The van der Waals surface area contributed by atoms with Crippen molar-refractivity contribution in [2.75, 3.05) is 0 Å². The Kier molecular flexibility index (Phi) is 2.31. The molecule has 0 bridgehead atoms. The molecule has 0 aliphatic heterocycles. The monoisotopic (exact) mass is 200 g/mol. The predicted molar refractivity (Wildman–Crippen MR) is 64.5 cm³/mol. The number of rotatable bonds is 1. The molecule has 0 aromatic carbocycles. The maximum atomic E-state index is 2.41. The summed E-state index contributed by atoms with van der Waals surface area (Å²) in [5, 5.41) is 0. The topological polar surface area (TPSA) is 0 Å². The Morgan fingerprint density at radius 2 is 2.13 bits per heavy atom. The zero-order valence-corrected chi connectivity index (χ0v) is 9.58. The van der Waals surface area contributed by atoms with Crippen molar-refractivity contribution in [3.63, 3.8) is 0 Å². The second-order valence-electron chi connectivity index (χ2n) is 5.37. The Morgan fingerprint density at radius 3 is 2.93 bits per heavy atom. The number of allylic oxidation sites excluding steroid dienone is 6. The van der Waals surface area contributed by atoms with Gasteiger partial charge in [0.15, 0.2) is 0 Å². The van der Waals surface area contributed by atoms with E-state index >= 15 is 0 Å². The van der Waals surface area contributed by atoms with Crippen LogP contribution in [0.2, 0.25) is 0 Å². The first-order valence-electron chi connectivity index (χ1n) is 6.40. The van der Waals surface area contributed by atoms with Gasteiger partial charge in [-0.2, -0.15) is 0 Å². The van der Waals surface area contributed by atoms with Gasteiger partial charge in [0, 0.05) is 0 Å². The molecule has 0 N–H and O–H groups in total. The van der Waals surface area contributed by atoms with Crippen LogP contribution in [-0.4, -0.2) is 0 Å². The Hall–Kier alpha value is -0.780. The van der Waals surface area contributed by atoms with E-state index in [4.69, 9.17) is 0 Å². The van der Waals surface area contributed by atoms with Gasteiger partial charge in [-0.1, -0.05) is 36.8 Å². The third-order valence-electron chi connectivity index (χ3n) is 4.47. The summed E-state index contributed by atoms with van der Waals surface area (Å²) in [7, 11) is 0. The van der Waals surface area contributed by atoms with Gasteiger partial charge in [0.1, 0.15) is 0 Å². The van der Waals surface area contributed by atoms with Crippen LogP contribution in [0.4, 0.5) is 0 Å². The second kappa shape index (κ2) is 3.66. The predicted octanol–water partition coefficient (Wildman–Crippen LogP) is 4.26. The lowest BCUT2D eigenvalue weighted by Gasteiger charge is -2.26. The van der Waals surface area contributed by atoms with Crippen LogP contribution in [0.15, 0.2) is 35.5 Å². The molecule has 0 amide bonds. The van der Waals surface area contributed by atoms with Crippen molar-refractivity contribution in [3.05, 3.63) is 35.5 Å². The zero-order valence-electron chi connectivity index (χ0n) is 9.58. The van der Waals surface area contributed by atoms with E-state index in [0.29, 0.717) is 0 Å². The van der Waals surface area contributed by atoms with Crippen molar-refractivity contribution in [1.29, 1.82) is 0 Å². The quantitative estimate of drug-likeness (QED) is 0.555. The van der Waals surface area contributed by atoms with Gasteiger partial charge in [-0.05, 0) is 55.4 Å². The minimum atomic E-state index is 0.828. The van der Waals surface area contributed by atoms with Gasteiger partial charge >= 0.3 is 0 Å². The summed E-state index contributed by atoms with van der Waals surface area (Å²) in [6.45, 7) is 2.41. The van der Waals surface area contributed by atoms with Gasteiger partial charge in [-0.3, -0.25) is 0 Å². The van der Waals surface area contributed by atoms with E-state index in [1.807, 2.05) is 0 Å². The summed E-state index contributed by atoms with van der Waals surface area (Å²) in [6, 6.07) is 0. The SMILES string of the molecule is CC1CC(C2CC=CCC2)C2=C1C=CC2. The summed E-state index contributed by atoms with van der Waals surface area (Å²) in [5.74, 6) is 2.69. The molecule has 3 rings (SSSR count). The van der Waals surface area contributed by atoms with Crippen molar-refractivity contribution in [2.24, 2.45) is 17.8 Å². The first kappa shape index (κ1) is 9.45. The lowest BCUT2D eigenvalue weighted by Crippen LogP contribution is -2.16. The molecule has 80 valence electrons. The van der Waals surface area contributed by atoms with Gasteiger partial charge in [-0.15, -0.1) is 0 Å². The van der Waals surface area contributed by atoms with Gasteiger partial charge in [0.2, 0.25) is 0 Å². The van der Waals surface area contributed by atoms with Gasteiger partial charge in [0.05, 0.1) is 0 Å². The molecule has 3 atom stereocenters. The molecule has 0 aromatic rings. The van der Waals surface area contributed by atoms with Crippen LogP contribution in [0.3, 0.4) is 0 Å². The van der Waals surface area contributed by atoms with E-state index in [1.54, 1.807) is 11.1 Å². The Bertz CT molecular complexity index is 343. The van der Waals surface area contributed by atoms with Gasteiger partial charge < -0.3 is 0 Å². The molecule has 0 spiro atoms. The fourth-order valence-electron chi connectivity index (χ4n) is 3.69. The highest BCUT2D eigenvalue weighted by atomic mass is 14.4. The highest BCUT2D eigenvalue weighted by Crippen LogP contribution is 2.48. The van der Waals surface area contributed by atoms with E-state index in [9.17, 15) is 0 Å². The van der Waals surface area contributed by atoms with Crippen molar-refractivity contribution in [3.8, 4) is 0 Å². The normalized spacial score (nSPS) is 38.9. The standard InChI is InChI=1S/C15H20/c1-11-10-15(12-6-3-2-4-7-12)14-9-5-8-13(11)14/h2-3,5,8,11-12,15H,4,6-7,9-10H2,1H3. The zero-order chi connectivity index (χ0) is 10.3. The Labute approximate surface area is 92.8 Å². The highest BCUT2D eigenvalue weighted by molar-refractivity contribution is 5.41. The van der Waals surface area contributed by atoms with Crippen molar-refractivity contribution >= 4 is 0 Å². The molecule has 3 aliphatic rings. The van der Waals surface area contributed by atoms with Crippen molar-refractivity contribution in [2.45, 2.75) is 39.0 Å². The summed E-state index contributed by atoms with van der Waals surface area (Å²) in [4.78, 5) is 0. The molecule has 15 heavy (non-hydrogen) atoms. The second-order valence-corrected chi connectivity index (χ2v) is 5.37. The fraction of sp³-hybridized carbons (Fsp3) is 0.600. The van der Waals surface area contributed by atoms with E-state index in [0.717, 1.165) is 17.8 Å². The minimum Gasteiger partial charge on any atom is -0.0885 e. The molecule has 0 saturated heterocycles. The molecule has 0 nitrogen and oxygen atoms in total. The van der Waals surface area contributed by atoms with Crippen LogP contribution in [0.25, 0.3) is 0 Å². The average Bonchev–Trinajstić information content (AvgIpc) is 2.84. The third-order valence-corrected chi connectivity index (χ3v) is 4.47. The van der Waals surface area contributed by atoms with Crippen molar-refractivity contribution < 1.29 is 0 Å². The first-order chi connectivity index (χ1) is 7.36. The Balaban J connectivity index is 1.81. The van der Waals surface area contributed by atoms with Gasteiger partial charge in [0.25, 0.3) is 0 Å². The molecule has 3 unspecified atom stereocenters. The Morgan fingerprint density at radius 1 is 1.20 bits per heavy atom. The number of hydrogen-bond acceptors (Lipinski definition) is 0. The molecule has 3 aliphatic carbocycles. The highest BCUT2D eigenvalue weighted by Gasteiger charge is 2.35. The number of hydrogen-bond donors (Lipinski definition) is 0. The fourth-order valence-corrected chi connectivity index (χ4v) is 3.69. The molecule has 0 saturated carbocycles. The van der Waals surface area contributed by atoms with E-state index in [1.165, 1.54) is 32.1 Å². The first-order valence-corrected chi connectivity index (χ1v) is 6.40. The summed E-state index contributed by atoms with van der Waals surface area (Å²) in [6.07, 6.45) is 16.3. The molecule has 0 heteroatoms. The van der Waals surface area contributed by atoms with Gasteiger partial charge in [-0.25, -0.2) is 0 Å². The summed E-state index contributed by atoms with van der Waals surface area (Å²) >= 11 is 0. The van der Waals surface area contributed by atoms with E-state index in [2.05, 4.69) is 31.2 Å². The summed E-state index contributed by atoms with van der Waals surface area (Å²) < 4.78 is 0. The van der Waals surface area contributed by atoms with E-state index in [-0.39, 0.29) is 0 Å². The van der Waals surface area contributed by atoms with Crippen LogP contribution in [-0.2, 0) is 0 Å². The van der Waals surface area contributed by atoms with E-state index < -0.39 is 0 Å². The molecule has 0 radical (unpaired) electrons. The molecule has 0 aromatic heterocycles. The molecular weight excluding hydrogens is 180 g/mol. The average molecular weight is 200 g/mol.